The molecule has 1 nitrogen and oxygen atoms in total. The second-order valence-electron chi connectivity index (χ2n) is 4.56. The Morgan fingerprint density at radius 2 is 1.75 bits per heavy atom. The highest BCUT2D eigenvalue weighted by Gasteiger charge is 2.07. The predicted molar refractivity (Wildman–Crippen MR) is 71.1 cm³/mol. The van der Waals surface area contributed by atoms with E-state index in [2.05, 4.69) is 45.0 Å². The molecular formula is C14H20OS. The minimum atomic E-state index is 0.263. The maximum atomic E-state index is 11.0. The molecule has 0 aliphatic heterocycles. The van der Waals surface area contributed by atoms with Gasteiger partial charge in [-0.1, -0.05) is 32.9 Å². The Bertz CT molecular complexity index is 340. The van der Waals surface area contributed by atoms with Gasteiger partial charge >= 0.3 is 0 Å². The van der Waals surface area contributed by atoms with E-state index in [0.29, 0.717) is 17.6 Å². The molecule has 0 aliphatic carbocycles. The van der Waals surface area contributed by atoms with Crippen molar-refractivity contribution in [3.05, 3.63) is 29.8 Å². The fourth-order valence-electron chi connectivity index (χ4n) is 1.61. The number of hydrogen-bond donors (Lipinski definition) is 0. The third-order valence-electron chi connectivity index (χ3n) is 2.46. The largest absolute Gasteiger partial charge is 0.300 e. The molecule has 0 saturated carbocycles. The van der Waals surface area contributed by atoms with Crippen LogP contribution in [0.1, 0.15) is 45.6 Å². The Kier molecular flexibility index (Phi) is 5.07. The van der Waals surface area contributed by atoms with Crippen molar-refractivity contribution in [3.8, 4) is 0 Å². The van der Waals surface area contributed by atoms with Crippen LogP contribution in [-0.2, 0) is 4.79 Å². The molecule has 1 atom stereocenters. The minimum absolute atomic E-state index is 0.263. The lowest BCUT2D eigenvalue weighted by atomic mass is 10.0. The standard InChI is InChI=1S/C14H20OS/c1-10(2)13-5-7-14(8-6-13)16-12(4)9-11(3)15/h5-8,10,12H,9H2,1-4H3. The van der Waals surface area contributed by atoms with Crippen molar-refractivity contribution in [2.45, 2.75) is 50.2 Å². The van der Waals surface area contributed by atoms with E-state index < -0.39 is 0 Å². The molecule has 1 unspecified atom stereocenters. The first-order valence-corrected chi connectivity index (χ1v) is 6.63. The first kappa shape index (κ1) is 13.3. The van der Waals surface area contributed by atoms with E-state index in [1.54, 1.807) is 18.7 Å². The second kappa shape index (κ2) is 6.09. The van der Waals surface area contributed by atoms with Crippen molar-refractivity contribution < 1.29 is 4.79 Å². The molecule has 16 heavy (non-hydrogen) atoms. The smallest absolute Gasteiger partial charge is 0.130 e. The first-order chi connectivity index (χ1) is 7.49. The summed E-state index contributed by atoms with van der Waals surface area (Å²) in [5, 5.41) is 0.363. The molecule has 0 N–H and O–H groups in total. The van der Waals surface area contributed by atoms with Gasteiger partial charge in [-0.25, -0.2) is 0 Å². The van der Waals surface area contributed by atoms with Crippen LogP contribution in [0, 0.1) is 0 Å². The van der Waals surface area contributed by atoms with Crippen LogP contribution in [0.4, 0.5) is 0 Å². The molecule has 1 aromatic carbocycles. The number of hydrogen-bond acceptors (Lipinski definition) is 2. The van der Waals surface area contributed by atoms with Crippen molar-refractivity contribution >= 4 is 17.5 Å². The molecule has 1 rings (SSSR count). The molecular weight excluding hydrogens is 216 g/mol. The minimum Gasteiger partial charge on any atom is -0.300 e. The van der Waals surface area contributed by atoms with Crippen molar-refractivity contribution in [2.75, 3.05) is 0 Å². The number of carbonyl (C=O) groups is 1. The molecule has 0 bridgehead atoms. The van der Waals surface area contributed by atoms with Crippen molar-refractivity contribution in [1.29, 1.82) is 0 Å². The summed E-state index contributed by atoms with van der Waals surface area (Å²) in [5.74, 6) is 0.840. The Hall–Kier alpha value is -0.760. The monoisotopic (exact) mass is 236 g/mol. The molecule has 0 saturated heterocycles. The molecule has 2 heteroatoms. The normalized spacial score (nSPS) is 12.8. The Morgan fingerprint density at radius 1 is 1.19 bits per heavy atom. The number of rotatable bonds is 5. The van der Waals surface area contributed by atoms with Gasteiger partial charge in [0.25, 0.3) is 0 Å². The van der Waals surface area contributed by atoms with E-state index in [-0.39, 0.29) is 5.78 Å². The van der Waals surface area contributed by atoms with Crippen molar-refractivity contribution in [3.63, 3.8) is 0 Å². The lowest BCUT2D eigenvalue weighted by molar-refractivity contribution is -0.116. The van der Waals surface area contributed by atoms with Crippen LogP contribution in [0.5, 0.6) is 0 Å². The average molecular weight is 236 g/mol. The van der Waals surface area contributed by atoms with Gasteiger partial charge < -0.3 is 0 Å². The van der Waals surface area contributed by atoms with Crippen LogP contribution in [0.2, 0.25) is 0 Å². The topological polar surface area (TPSA) is 17.1 Å². The summed E-state index contributed by atoms with van der Waals surface area (Å²) in [6.45, 7) is 8.14. The molecule has 0 fully saturated rings. The Balaban J connectivity index is 2.58. The van der Waals surface area contributed by atoms with Gasteiger partial charge in [-0.2, -0.15) is 0 Å². The van der Waals surface area contributed by atoms with Crippen LogP contribution in [-0.4, -0.2) is 11.0 Å². The molecule has 0 radical (unpaired) electrons. The van der Waals surface area contributed by atoms with E-state index in [1.807, 2.05) is 0 Å². The average Bonchev–Trinajstić information content (AvgIpc) is 2.16. The van der Waals surface area contributed by atoms with Crippen LogP contribution in [0.25, 0.3) is 0 Å². The zero-order chi connectivity index (χ0) is 12.1. The molecule has 0 spiro atoms. The third kappa shape index (κ3) is 4.40. The molecule has 0 amide bonds. The van der Waals surface area contributed by atoms with Crippen LogP contribution < -0.4 is 0 Å². The number of carbonyl (C=O) groups excluding carboxylic acids is 1. The zero-order valence-electron chi connectivity index (χ0n) is 10.5. The summed E-state index contributed by atoms with van der Waals surface area (Å²) in [6, 6.07) is 8.65. The van der Waals surface area contributed by atoms with Gasteiger partial charge in [0.1, 0.15) is 5.78 Å². The lowest BCUT2D eigenvalue weighted by Crippen LogP contribution is -2.02. The zero-order valence-corrected chi connectivity index (χ0v) is 11.3. The highest BCUT2D eigenvalue weighted by molar-refractivity contribution is 8.00. The Labute approximate surface area is 103 Å². The van der Waals surface area contributed by atoms with E-state index in [1.165, 1.54) is 10.5 Å². The summed E-state index contributed by atoms with van der Waals surface area (Å²) < 4.78 is 0. The maximum Gasteiger partial charge on any atom is 0.130 e. The summed E-state index contributed by atoms with van der Waals surface area (Å²) in [7, 11) is 0. The fraction of sp³-hybridized carbons (Fsp3) is 0.500. The van der Waals surface area contributed by atoms with Gasteiger partial charge in [0.2, 0.25) is 0 Å². The number of ketones is 1. The van der Waals surface area contributed by atoms with Gasteiger partial charge in [0.15, 0.2) is 0 Å². The Morgan fingerprint density at radius 3 is 2.19 bits per heavy atom. The third-order valence-corrected chi connectivity index (χ3v) is 3.57. The predicted octanol–water partition coefficient (Wildman–Crippen LogP) is 4.27. The lowest BCUT2D eigenvalue weighted by Gasteiger charge is -2.10. The first-order valence-electron chi connectivity index (χ1n) is 5.75. The summed E-state index contributed by atoms with van der Waals surface area (Å²) in [4.78, 5) is 12.2. The SMILES string of the molecule is CC(=O)CC(C)Sc1ccc(C(C)C)cc1. The van der Waals surface area contributed by atoms with E-state index in [0.717, 1.165) is 0 Å². The van der Waals surface area contributed by atoms with Crippen molar-refractivity contribution in [2.24, 2.45) is 0 Å². The molecule has 1 aromatic rings. The van der Waals surface area contributed by atoms with Gasteiger partial charge in [0, 0.05) is 16.6 Å². The van der Waals surface area contributed by atoms with E-state index in [9.17, 15) is 4.79 Å². The van der Waals surface area contributed by atoms with Crippen molar-refractivity contribution in [1.82, 2.24) is 0 Å². The summed E-state index contributed by atoms with van der Waals surface area (Å²) in [5.41, 5.74) is 1.36. The number of benzene rings is 1. The molecule has 0 aromatic heterocycles. The van der Waals surface area contributed by atoms with Crippen LogP contribution in [0.15, 0.2) is 29.2 Å². The number of thioether (sulfide) groups is 1. The van der Waals surface area contributed by atoms with Crippen LogP contribution in [0.3, 0.4) is 0 Å². The second-order valence-corrected chi connectivity index (χ2v) is 6.07. The molecule has 0 aliphatic rings. The summed E-state index contributed by atoms with van der Waals surface area (Å²) >= 11 is 1.77. The van der Waals surface area contributed by atoms with E-state index in [4.69, 9.17) is 0 Å². The molecule has 0 heterocycles. The fourth-order valence-corrected chi connectivity index (χ4v) is 2.69. The highest BCUT2D eigenvalue weighted by Crippen LogP contribution is 2.26. The van der Waals surface area contributed by atoms with E-state index >= 15 is 0 Å². The maximum absolute atomic E-state index is 11.0. The quantitative estimate of drug-likeness (QED) is 0.710. The van der Waals surface area contributed by atoms with Crippen LogP contribution >= 0.6 is 11.8 Å². The van der Waals surface area contributed by atoms with Gasteiger partial charge in [0.05, 0.1) is 0 Å². The summed E-state index contributed by atoms with van der Waals surface area (Å²) in [6.07, 6.45) is 0.649. The van der Waals surface area contributed by atoms with Gasteiger partial charge in [-0.15, -0.1) is 11.8 Å². The van der Waals surface area contributed by atoms with Gasteiger partial charge in [-0.3, -0.25) is 4.79 Å². The number of Topliss-reactive ketones (excluding diaryl/α,β-unsaturated/α-hetero) is 1. The molecule has 88 valence electrons. The van der Waals surface area contributed by atoms with Gasteiger partial charge in [-0.05, 0) is 30.5 Å². The highest BCUT2D eigenvalue weighted by atomic mass is 32.2.